The van der Waals surface area contributed by atoms with Gasteiger partial charge in [0.1, 0.15) is 11.6 Å². The first kappa shape index (κ1) is 25.6. The number of nitrogens with zero attached hydrogens (tertiary/aromatic N) is 3. The van der Waals surface area contributed by atoms with E-state index in [1.165, 1.54) is 11.8 Å². The lowest BCUT2D eigenvalue weighted by Crippen LogP contribution is -2.27. The van der Waals surface area contributed by atoms with Gasteiger partial charge in [0, 0.05) is 13.1 Å². The Morgan fingerprint density at radius 1 is 1.06 bits per heavy atom. The standard InChI is InChI=1S/C23H28N4O5S2/c1-4-27-21(16-34(29,30)18-8-6-5-7-9-18)25-26-23(27)33-15-22(28)24-13-12-17-10-11-19(31-2)20(14-17)32-3/h5-11,14H,4,12-13,15-16H2,1-3H3,(H,24,28). The van der Waals surface area contributed by atoms with Crippen LogP contribution in [0.3, 0.4) is 0 Å². The molecule has 1 N–H and O–H groups in total. The Kier molecular flexibility index (Phi) is 8.94. The number of thioether (sulfide) groups is 1. The van der Waals surface area contributed by atoms with E-state index in [-0.39, 0.29) is 22.3 Å². The summed E-state index contributed by atoms with van der Waals surface area (Å²) in [6, 6.07) is 13.9. The van der Waals surface area contributed by atoms with Crippen molar-refractivity contribution in [3.63, 3.8) is 0 Å². The van der Waals surface area contributed by atoms with Gasteiger partial charge in [-0.25, -0.2) is 8.42 Å². The van der Waals surface area contributed by atoms with Crippen LogP contribution >= 0.6 is 11.8 Å². The first-order chi connectivity index (χ1) is 16.4. The van der Waals surface area contributed by atoms with Gasteiger partial charge in [0.2, 0.25) is 5.91 Å². The van der Waals surface area contributed by atoms with Crippen LogP contribution in [0.4, 0.5) is 0 Å². The number of benzene rings is 2. The SMILES string of the molecule is CCn1c(CS(=O)(=O)c2ccccc2)nnc1SCC(=O)NCCc1ccc(OC)c(OC)c1. The van der Waals surface area contributed by atoms with E-state index in [4.69, 9.17) is 9.47 Å². The van der Waals surface area contributed by atoms with Gasteiger partial charge in [0.05, 0.1) is 24.9 Å². The van der Waals surface area contributed by atoms with Crippen molar-refractivity contribution in [1.82, 2.24) is 20.1 Å². The molecule has 2 aromatic carbocycles. The first-order valence-electron chi connectivity index (χ1n) is 10.7. The second-order valence-electron chi connectivity index (χ2n) is 7.29. The second kappa shape index (κ2) is 11.9. The summed E-state index contributed by atoms with van der Waals surface area (Å²) in [5.74, 6) is 1.40. The molecular weight excluding hydrogens is 476 g/mol. The van der Waals surface area contributed by atoms with Crippen molar-refractivity contribution in [2.24, 2.45) is 0 Å². The lowest BCUT2D eigenvalue weighted by atomic mass is 10.1. The minimum absolute atomic E-state index is 0.144. The zero-order valence-electron chi connectivity index (χ0n) is 19.4. The fourth-order valence-corrected chi connectivity index (χ4v) is 5.44. The molecule has 0 saturated carbocycles. The molecule has 0 aliphatic rings. The van der Waals surface area contributed by atoms with Crippen LogP contribution < -0.4 is 14.8 Å². The molecule has 3 rings (SSSR count). The van der Waals surface area contributed by atoms with Gasteiger partial charge in [-0.05, 0) is 43.2 Å². The Morgan fingerprint density at radius 2 is 1.79 bits per heavy atom. The average Bonchev–Trinajstić information content (AvgIpc) is 3.23. The number of carbonyl (C=O) groups is 1. The molecular formula is C23H28N4O5S2. The molecule has 0 radical (unpaired) electrons. The van der Waals surface area contributed by atoms with E-state index < -0.39 is 9.84 Å². The average molecular weight is 505 g/mol. The number of aromatic nitrogens is 3. The highest BCUT2D eigenvalue weighted by Crippen LogP contribution is 2.27. The molecule has 0 aliphatic carbocycles. The summed E-state index contributed by atoms with van der Waals surface area (Å²) in [5.41, 5.74) is 1.01. The minimum atomic E-state index is -3.54. The molecule has 0 bridgehead atoms. The van der Waals surface area contributed by atoms with Crippen molar-refractivity contribution < 1.29 is 22.7 Å². The van der Waals surface area contributed by atoms with Crippen LogP contribution in [0.1, 0.15) is 18.3 Å². The lowest BCUT2D eigenvalue weighted by molar-refractivity contribution is -0.118. The third kappa shape index (κ3) is 6.51. The number of hydrogen-bond acceptors (Lipinski definition) is 8. The first-order valence-corrected chi connectivity index (χ1v) is 13.3. The van der Waals surface area contributed by atoms with Crippen molar-refractivity contribution in [2.75, 3.05) is 26.5 Å². The molecule has 0 unspecified atom stereocenters. The molecule has 182 valence electrons. The maximum Gasteiger partial charge on any atom is 0.230 e. The van der Waals surface area contributed by atoms with Gasteiger partial charge in [0.25, 0.3) is 0 Å². The van der Waals surface area contributed by atoms with Crippen LogP contribution in [0.15, 0.2) is 58.6 Å². The summed E-state index contributed by atoms with van der Waals surface area (Å²) in [6.07, 6.45) is 0.642. The number of carbonyl (C=O) groups excluding carboxylic acids is 1. The minimum Gasteiger partial charge on any atom is -0.493 e. The van der Waals surface area contributed by atoms with Gasteiger partial charge in [-0.15, -0.1) is 10.2 Å². The van der Waals surface area contributed by atoms with Crippen molar-refractivity contribution in [2.45, 2.75) is 35.7 Å². The molecule has 1 amide bonds. The highest BCUT2D eigenvalue weighted by atomic mass is 32.2. The third-order valence-electron chi connectivity index (χ3n) is 5.05. The molecule has 0 fully saturated rings. The summed E-state index contributed by atoms with van der Waals surface area (Å²) in [4.78, 5) is 12.6. The lowest BCUT2D eigenvalue weighted by Gasteiger charge is -2.10. The number of ether oxygens (including phenoxy) is 2. The van der Waals surface area contributed by atoms with Gasteiger partial charge in [-0.1, -0.05) is 36.0 Å². The van der Waals surface area contributed by atoms with E-state index >= 15 is 0 Å². The molecule has 34 heavy (non-hydrogen) atoms. The highest BCUT2D eigenvalue weighted by Gasteiger charge is 2.21. The van der Waals surface area contributed by atoms with Gasteiger partial charge in [0.15, 0.2) is 26.5 Å². The van der Waals surface area contributed by atoms with Gasteiger partial charge >= 0.3 is 0 Å². The van der Waals surface area contributed by atoms with E-state index in [1.54, 1.807) is 49.1 Å². The summed E-state index contributed by atoms with van der Waals surface area (Å²) in [5, 5.41) is 11.6. The monoisotopic (exact) mass is 504 g/mol. The molecule has 0 aliphatic heterocycles. The Hall–Kier alpha value is -3.05. The predicted molar refractivity (Wildman–Crippen MR) is 130 cm³/mol. The number of amides is 1. The fraction of sp³-hybridized carbons (Fsp3) is 0.348. The predicted octanol–water partition coefficient (Wildman–Crippen LogP) is 2.74. The summed E-state index contributed by atoms with van der Waals surface area (Å²) in [6.45, 7) is 2.85. The van der Waals surface area contributed by atoms with E-state index in [0.717, 1.165) is 5.56 Å². The topological polar surface area (TPSA) is 112 Å². The van der Waals surface area contributed by atoms with Crippen molar-refractivity contribution >= 4 is 27.5 Å². The fourth-order valence-electron chi connectivity index (χ4n) is 3.29. The van der Waals surface area contributed by atoms with Gasteiger partial charge in [-0.3, -0.25) is 4.79 Å². The van der Waals surface area contributed by atoms with E-state index in [2.05, 4.69) is 15.5 Å². The quantitative estimate of drug-likeness (QED) is 0.375. The Bertz CT molecular complexity index is 1210. The molecule has 1 heterocycles. The van der Waals surface area contributed by atoms with Crippen LogP contribution in [0, 0.1) is 0 Å². The van der Waals surface area contributed by atoms with E-state index in [0.29, 0.717) is 42.0 Å². The number of rotatable bonds is 12. The Labute approximate surface area is 203 Å². The van der Waals surface area contributed by atoms with Crippen LogP contribution in [0.2, 0.25) is 0 Å². The number of nitrogens with one attached hydrogen (secondary N) is 1. The molecule has 3 aromatic rings. The van der Waals surface area contributed by atoms with Crippen LogP contribution in [0.25, 0.3) is 0 Å². The molecule has 0 saturated heterocycles. The van der Waals surface area contributed by atoms with Crippen LogP contribution in [0.5, 0.6) is 11.5 Å². The normalized spacial score (nSPS) is 11.3. The second-order valence-corrected chi connectivity index (χ2v) is 10.2. The Balaban J connectivity index is 1.53. The molecule has 11 heteroatoms. The maximum atomic E-state index is 12.7. The van der Waals surface area contributed by atoms with Crippen LogP contribution in [-0.4, -0.2) is 55.6 Å². The summed E-state index contributed by atoms with van der Waals surface area (Å²) in [7, 11) is -0.376. The molecule has 0 spiro atoms. The van der Waals surface area contributed by atoms with E-state index in [9.17, 15) is 13.2 Å². The van der Waals surface area contributed by atoms with E-state index in [1.807, 2.05) is 25.1 Å². The zero-order valence-corrected chi connectivity index (χ0v) is 21.0. The Morgan fingerprint density at radius 3 is 2.47 bits per heavy atom. The molecule has 0 atom stereocenters. The smallest absolute Gasteiger partial charge is 0.230 e. The zero-order chi connectivity index (χ0) is 24.6. The summed E-state index contributed by atoms with van der Waals surface area (Å²) < 4.78 is 37.6. The molecule has 9 nitrogen and oxygen atoms in total. The van der Waals surface area contributed by atoms with Gasteiger partial charge in [-0.2, -0.15) is 0 Å². The maximum absolute atomic E-state index is 12.7. The number of hydrogen-bond donors (Lipinski definition) is 1. The molecule has 1 aromatic heterocycles. The number of sulfone groups is 1. The largest absolute Gasteiger partial charge is 0.493 e. The highest BCUT2D eigenvalue weighted by molar-refractivity contribution is 7.99. The van der Waals surface area contributed by atoms with Crippen LogP contribution in [-0.2, 0) is 33.4 Å². The van der Waals surface area contributed by atoms with Crippen molar-refractivity contribution in [3.8, 4) is 11.5 Å². The third-order valence-corrected chi connectivity index (χ3v) is 7.64. The van der Waals surface area contributed by atoms with Crippen molar-refractivity contribution in [1.29, 1.82) is 0 Å². The summed E-state index contributed by atoms with van der Waals surface area (Å²) >= 11 is 1.23. The van der Waals surface area contributed by atoms with Gasteiger partial charge < -0.3 is 19.4 Å². The number of methoxy groups -OCH3 is 2. The van der Waals surface area contributed by atoms with Crippen molar-refractivity contribution in [3.05, 3.63) is 59.9 Å².